The van der Waals surface area contributed by atoms with Crippen LogP contribution < -0.4 is 5.73 Å². The summed E-state index contributed by atoms with van der Waals surface area (Å²) in [5.41, 5.74) is 5.98. The molecule has 18 heavy (non-hydrogen) atoms. The van der Waals surface area contributed by atoms with Gasteiger partial charge in [0.1, 0.15) is 5.76 Å². The molecule has 1 aliphatic rings. The molecule has 0 aromatic carbocycles. The highest BCUT2D eigenvalue weighted by Gasteiger charge is 2.29. The zero-order chi connectivity index (χ0) is 13.0. The monoisotopic (exact) mass is 251 g/mol. The first kappa shape index (κ1) is 13.6. The summed E-state index contributed by atoms with van der Waals surface area (Å²) >= 11 is 0. The first-order valence-electron chi connectivity index (χ1n) is 6.94. The van der Waals surface area contributed by atoms with Crippen LogP contribution in [0.25, 0.3) is 0 Å². The van der Waals surface area contributed by atoms with Gasteiger partial charge in [-0.15, -0.1) is 0 Å². The minimum atomic E-state index is 0.219. The summed E-state index contributed by atoms with van der Waals surface area (Å²) in [6, 6.07) is 4.77. The van der Waals surface area contributed by atoms with Gasteiger partial charge in [-0.2, -0.15) is 0 Å². The first-order chi connectivity index (χ1) is 8.76. The standard InChI is InChI=1S/C14H25N3O/c1-3-12-11-16(2)7-5-8-17(12)13(10-15)14-6-4-9-18-14/h4,6,9,12-13H,3,5,7-8,10-11,15H2,1-2H3. The molecule has 1 saturated heterocycles. The molecule has 1 aromatic rings. The van der Waals surface area contributed by atoms with Gasteiger partial charge in [-0.25, -0.2) is 0 Å². The van der Waals surface area contributed by atoms with E-state index in [0.717, 1.165) is 25.3 Å². The van der Waals surface area contributed by atoms with Crippen molar-refractivity contribution in [1.82, 2.24) is 9.80 Å². The SMILES string of the molecule is CCC1CN(C)CCCN1C(CN)c1ccco1. The van der Waals surface area contributed by atoms with Gasteiger partial charge in [0.05, 0.1) is 12.3 Å². The Morgan fingerprint density at radius 3 is 2.94 bits per heavy atom. The van der Waals surface area contributed by atoms with E-state index in [-0.39, 0.29) is 6.04 Å². The van der Waals surface area contributed by atoms with E-state index in [1.807, 2.05) is 12.1 Å². The minimum absolute atomic E-state index is 0.219. The highest BCUT2D eigenvalue weighted by molar-refractivity contribution is 5.06. The largest absolute Gasteiger partial charge is 0.468 e. The van der Waals surface area contributed by atoms with Crippen LogP contribution in [0.5, 0.6) is 0 Å². The van der Waals surface area contributed by atoms with E-state index in [4.69, 9.17) is 10.2 Å². The predicted molar refractivity (Wildman–Crippen MR) is 73.4 cm³/mol. The lowest BCUT2D eigenvalue weighted by atomic mass is 10.1. The Labute approximate surface area is 110 Å². The third-order valence-corrected chi connectivity index (χ3v) is 3.91. The number of nitrogens with zero attached hydrogens (tertiary/aromatic N) is 2. The molecule has 0 saturated carbocycles. The third-order valence-electron chi connectivity index (χ3n) is 3.91. The molecule has 0 bridgehead atoms. The average Bonchev–Trinajstić information content (AvgIpc) is 2.82. The molecule has 2 rings (SSSR count). The van der Waals surface area contributed by atoms with Crippen LogP contribution in [0.1, 0.15) is 31.6 Å². The van der Waals surface area contributed by atoms with Crippen LogP contribution >= 0.6 is 0 Å². The Hall–Kier alpha value is -0.840. The number of hydrogen-bond donors (Lipinski definition) is 1. The Balaban J connectivity index is 2.16. The zero-order valence-corrected chi connectivity index (χ0v) is 11.5. The lowest BCUT2D eigenvalue weighted by Gasteiger charge is -2.35. The lowest BCUT2D eigenvalue weighted by Crippen LogP contribution is -2.44. The summed E-state index contributed by atoms with van der Waals surface area (Å²) < 4.78 is 5.56. The van der Waals surface area contributed by atoms with Crippen LogP contribution in [-0.4, -0.2) is 49.1 Å². The number of nitrogens with two attached hydrogens (primary N) is 1. The minimum Gasteiger partial charge on any atom is -0.468 e. The Bertz CT molecular complexity index is 339. The van der Waals surface area contributed by atoms with Crippen molar-refractivity contribution < 1.29 is 4.42 Å². The smallest absolute Gasteiger partial charge is 0.122 e. The number of furan rings is 1. The highest BCUT2D eigenvalue weighted by atomic mass is 16.3. The molecule has 4 heteroatoms. The molecule has 2 atom stereocenters. The van der Waals surface area contributed by atoms with E-state index < -0.39 is 0 Å². The van der Waals surface area contributed by atoms with Gasteiger partial charge < -0.3 is 15.1 Å². The van der Waals surface area contributed by atoms with E-state index >= 15 is 0 Å². The molecule has 1 aromatic heterocycles. The maximum atomic E-state index is 5.98. The molecule has 1 aliphatic heterocycles. The van der Waals surface area contributed by atoms with E-state index in [1.54, 1.807) is 6.26 Å². The fraction of sp³-hybridized carbons (Fsp3) is 0.714. The summed E-state index contributed by atoms with van der Waals surface area (Å²) in [7, 11) is 2.20. The van der Waals surface area contributed by atoms with Gasteiger partial charge in [0.2, 0.25) is 0 Å². The van der Waals surface area contributed by atoms with Crippen molar-refractivity contribution in [3.05, 3.63) is 24.2 Å². The normalized spacial score (nSPS) is 24.9. The van der Waals surface area contributed by atoms with Crippen LogP contribution in [0, 0.1) is 0 Å². The van der Waals surface area contributed by atoms with Crippen molar-refractivity contribution in [2.75, 3.05) is 33.2 Å². The van der Waals surface area contributed by atoms with Crippen molar-refractivity contribution in [2.45, 2.75) is 31.8 Å². The lowest BCUT2D eigenvalue weighted by molar-refractivity contribution is 0.117. The van der Waals surface area contributed by atoms with Crippen molar-refractivity contribution in [2.24, 2.45) is 5.73 Å². The molecular formula is C14H25N3O. The van der Waals surface area contributed by atoms with E-state index in [1.165, 1.54) is 13.0 Å². The predicted octanol–water partition coefficient (Wildman–Crippen LogP) is 1.70. The zero-order valence-electron chi connectivity index (χ0n) is 11.5. The van der Waals surface area contributed by atoms with Crippen LogP contribution in [0.15, 0.2) is 22.8 Å². The van der Waals surface area contributed by atoms with Gasteiger partial charge in [0, 0.05) is 25.7 Å². The highest BCUT2D eigenvalue weighted by Crippen LogP contribution is 2.25. The van der Waals surface area contributed by atoms with Gasteiger partial charge in [-0.3, -0.25) is 4.90 Å². The molecule has 2 heterocycles. The first-order valence-corrected chi connectivity index (χ1v) is 6.94. The Morgan fingerprint density at radius 2 is 2.33 bits per heavy atom. The van der Waals surface area contributed by atoms with Crippen LogP contribution in [0.2, 0.25) is 0 Å². The maximum Gasteiger partial charge on any atom is 0.122 e. The van der Waals surface area contributed by atoms with Crippen molar-refractivity contribution >= 4 is 0 Å². The topological polar surface area (TPSA) is 45.6 Å². The van der Waals surface area contributed by atoms with Gasteiger partial charge in [-0.1, -0.05) is 6.92 Å². The Kier molecular flexibility index (Phi) is 4.80. The molecule has 2 unspecified atom stereocenters. The van der Waals surface area contributed by atoms with Crippen LogP contribution in [0.4, 0.5) is 0 Å². The Morgan fingerprint density at radius 1 is 1.50 bits per heavy atom. The molecule has 1 fully saturated rings. The van der Waals surface area contributed by atoms with Gasteiger partial charge in [-0.05, 0) is 38.6 Å². The van der Waals surface area contributed by atoms with Gasteiger partial charge in [0.25, 0.3) is 0 Å². The fourth-order valence-corrected chi connectivity index (χ4v) is 2.93. The van der Waals surface area contributed by atoms with Gasteiger partial charge in [0.15, 0.2) is 0 Å². The maximum absolute atomic E-state index is 5.98. The summed E-state index contributed by atoms with van der Waals surface area (Å²) in [6.07, 6.45) is 4.09. The molecule has 102 valence electrons. The molecular weight excluding hydrogens is 226 g/mol. The number of hydrogen-bond acceptors (Lipinski definition) is 4. The van der Waals surface area contributed by atoms with E-state index in [0.29, 0.717) is 12.6 Å². The van der Waals surface area contributed by atoms with Crippen molar-refractivity contribution in [1.29, 1.82) is 0 Å². The number of likely N-dealkylation sites (N-methyl/N-ethyl adjacent to an activating group) is 1. The van der Waals surface area contributed by atoms with Crippen LogP contribution in [-0.2, 0) is 0 Å². The average molecular weight is 251 g/mol. The third kappa shape index (κ3) is 2.94. The summed E-state index contributed by atoms with van der Waals surface area (Å²) in [5, 5.41) is 0. The second-order valence-electron chi connectivity index (χ2n) is 5.18. The van der Waals surface area contributed by atoms with Crippen molar-refractivity contribution in [3.63, 3.8) is 0 Å². The van der Waals surface area contributed by atoms with Gasteiger partial charge >= 0.3 is 0 Å². The number of rotatable bonds is 4. The molecule has 0 amide bonds. The summed E-state index contributed by atoms with van der Waals surface area (Å²) in [6.45, 7) is 6.27. The molecule has 2 N–H and O–H groups in total. The van der Waals surface area contributed by atoms with E-state index in [2.05, 4.69) is 23.8 Å². The van der Waals surface area contributed by atoms with Crippen LogP contribution in [0.3, 0.4) is 0 Å². The quantitative estimate of drug-likeness (QED) is 0.884. The van der Waals surface area contributed by atoms with E-state index in [9.17, 15) is 0 Å². The second-order valence-corrected chi connectivity index (χ2v) is 5.18. The summed E-state index contributed by atoms with van der Waals surface area (Å²) in [5.74, 6) is 1.00. The summed E-state index contributed by atoms with van der Waals surface area (Å²) in [4.78, 5) is 4.95. The molecule has 0 spiro atoms. The molecule has 4 nitrogen and oxygen atoms in total. The molecule has 0 aliphatic carbocycles. The molecule has 0 radical (unpaired) electrons. The fourth-order valence-electron chi connectivity index (χ4n) is 2.93. The second kappa shape index (κ2) is 6.36. The van der Waals surface area contributed by atoms with Crippen molar-refractivity contribution in [3.8, 4) is 0 Å².